The number of primary amides is 1. The van der Waals surface area contributed by atoms with Crippen LogP contribution in [0.1, 0.15) is 0 Å². The highest BCUT2D eigenvalue weighted by molar-refractivity contribution is 5.95. The third-order valence-electron chi connectivity index (χ3n) is 6.83. The number of anilines is 3. The minimum Gasteiger partial charge on any atom is -0.492 e. The highest BCUT2D eigenvalue weighted by atomic mass is 19.2. The molecule has 1 saturated heterocycles. The highest BCUT2D eigenvalue weighted by Crippen LogP contribution is 2.39. The minimum atomic E-state index is -1.07. The number of amides is 1. The molecule has 3 N–H and O–H groups in total. The fraction of sp³-hybridized carbons (Fsp3) is 0.333. The number of benzene rings is 2. The third kappa shape index (κ3) is 5.86. The Morgan fingerprint density at radius 3 is 2.88 bits per heavy atom. The number of aliphatic hydroxyl groups is 1. The molecule has 2 aromatic carbocycles. The molecule has 13 heteroatoms. The average molecular weight is 553 g/mol. The predicted octanol–water partition coefficient (Wildman–Crippen LogP) is 2.05. The number of rotatable bonds is 10. The van der Waals surface area contributed by atoms with Crippen LogP contribution >= 0.6 is 0 Å². The maximum absolute atomic E-state index is 15.1. The lowest BCUT2D eigenvalue weighted by atomic mass is 10.2. The molecule has 0 unspecified atom stereocenters. The molecule has 0 bridgehead atoms. The van der Waals surface area contributed by atoms with Crippen molar-refractivity contribution in [2.75, 3.05) is 51.3 Å². The van der Waals surface area contributed by atoms with Crippen molar-refractivity contribution in [2.45, 2.75) is 12.6 Å². The topological polar surface area (TPSA) is 126 Å². The van der Waals surface area contributed by atoms with Crippen molar-refractivity contribution in [1.29, 1.82) is 0 Å². The third-order valence-corrected chi connectivity index (χ3v) is 6.83. The van der Waals surface area contributed by atoms with E-state index >= 15 is 4.39 Å². The van der Waals surface area contributed by atoms with Crippen molar-refractivity contribution in [3.63, 3.8) is 0 Å². The van der Waals surface area contributed by atoms with Crippen LogP contribution in [-0.4, -0.2) is 93.0 Å². The van der Waals surface area contributed by atoms with Gasteiger partial charge in [-0.15, -0.1) is 0 Å². The zero-order valence-electron chi connectivity index (χ0n) is 22.0. The molecule has 1 aliphatic heterocycles. The Labute approximate surface area is 229 Å². The van der Waals surface area contributed by atoms with Gasteiger partial charge in [-0.2, -0.15) is 5.10 Å². The second kappa shape index (κ2) is 11.9. The molecule has 40 heavy (non-hydrogen) atoms. The normalized spacial score (nSPS) is 16.4. The molecule has 5 rings (SSSR count). The summed E-state index contributed by atoms with van der Waals surface area (Å²) in [6, 6.07) is 9.18. The maximum atomic E-state index is 15.1. The van der Waals surface area contributed by atoms with Gasteiger partial charge in [0.25, 0.3) is 0 Å². The van der Waals surface area contributed by atoms with Crippen molar-refractivity contribution in [3.05, 3.63) is 66.8 Å². The number of piperazine rings is 1. The lowest BCUT2D eigenvalue weighted by Gasteiger charge is -2.38. The summed E-state index contributed by atoms with van der Waals surface area (Å²) in [4.78, 5) is 26.0. The predicted molar refractivity (Wildman–Crippen MR) is 145 cm³/mol. The molecule has 1 amide bonds. The molecule has 0 aliphatic carbocycles. The van der Waals surface area contributed by atoms with Crippen LogP contribution in [0.4, 0.5) is 26.0 Å². The summed E-state index contributed by atoms with van der Waals surface area (Å²) in [5.41, 5.74) is 6.07. The highest BCUT2D eigenvalue weighted by Gasteiger charge is 2.25. The Morgan fingerprint density at radius 2 is 2.08 bits per heavy atom. The largest absolute Gasteiger partial charge is 0.492 e. The van der Waals surface area contributed by atoms with E-state index in [-0.39, 0.29) is 30.7 Å². The number of hydrogen-bond acceptors (Lipinski definition) is 9. The Morgan fingerprint density at radius 1 is 1.23 bits per heavy atom. The minimum absolute atomic E-state index is 0.0655. The van der Waals surface area contributed by atoms with Gasteiger partial charge in [0.05, 0.1) is 29.7 Å². The van der Waals surface area contributed by atoms with Crippen molar-refractivity contribution >= 4 is 34.0 Å². The van der Waals surface area contributed by atoms with Crippen molar-refractivity contribution in [2.24, 2.45) is 5.73 Å². The molecule has 210 valence electrons. The van der Waals surface area contributed by atoms with Gasteiger partial charge in [-0.05, 0) is 31.3 Å². The van der Waals surface area contributed by atoms with Crippen LogP contribution in [0.15, 0.2) is 55.1 Å². The van der Waals surface area contributed by atoms with E-state index in [2.05, 4.69) is 24.9 Å². The number of aliphatic hydroxyl groups excluding tert-OH is 1. The summed E-state index contributed by atoms with van der Waals surface area (Å²) in [6.45, 7) is 3.56. The van der Waals surface area contributed by atoms with Gasteiger partial charge < -0.3 is 20.5 Å². The standard InChI is InChI=1S/C27H30F2N8O3/c1-34-7-8-35(19(13-34)16-38)9-10-40-20-5-6-21-23(11-20)31-17-32-27(21)37(24-4-2-3-22(28)26(24)29)18-12-33-36(14-18)15-25(30)39/h2-6,11-12,14,17,19,38H,7-10,13,15-16H2,1H3,(H2,30,39)/t19-/m1/s1. The molecular weight excluding hydrogens is 522 g/mol. The smallest absolute Gasteiger partial charge is 0.239 e. The molecule has 1 atom stereocenters. The van der Waals surface area contributed by atoms with Crippen LogP contribution in [0.2, 0.25) is 0 Å². The van der Waals surface area contributed by atoms with Gasteiger partial charge in [-0.1, -0.05) is 6.07 Å². The number of nitrogens with zero attached hydrogens (tertiary/aromatic N) is 7. The van der Waals surface area contributed by atoms with E-state index in [4.69, 9.17) is 10.5 Å². The number of hydrogen-bond donors (Lipinski definition) is 2. The Hall–Kier alpha value is -4.20. The monoisotopic (exact) mass is 552 g/mol. The van der Waals surface area contributed by atoms with E-state index in [9.17, 15) is 14.3 Å². The first-order valence-electron chi connectivity index (χ1n) is 12.8. The molecule has 1 fully saturated rings. The lowest BCUT2D eigenvalue weighted by molar-refractivity contribution is -0.118. The SMILES string of the molecule is CN1CCN(CCOc2ccc3c(N(c4cnn(CC(N)=O)c4)c4cccc(F)c4F)ncnc3c2)[C@@H](CO)C1. The van der Waals surface area contributed by atoms with E-state index in [1.165, 1.54) is 40.4 Å². The number of carbonyl (C=O) groups excluding carboxylic acids is 1. The first-order chi connectivity index (χ1) is 19.3. The van der Waals surface area contributed by atoms with Crippen LogP contribution in [-0.2, 0) is 11.3 Å². The van der Waals surface area contributed by atoms with E-state index in [0.29, 0.717) is 35.5 Å². The number of halogens is 2. The van der Waals surface area contributed by atoms with Crippen molar-refractivity contribution in [3.8, 4) is 5.75 Å². The summed E-state index contributed by atoms with van der Waals surface area (Å²) < 4.78 is 36.7. The number of ether oxygens (including phenoxy) is 1. The summed E-state index contributed by atoms with van der Waals surface area (Å²) >= 11 is 0. The van der Waals surface area contributed by atoms with Crippen LogP contribution in [0.5, 0.6) is 5.75 Å². The Bertz CT molecular complexity index is 1500. The first-order valence-corrected chi connectivity index (χ1v) is 12.8. The summed E-state index contributed by atoms with van der Waals surface area (Å²) in [6.07, 6.45) is 4.24. The van der Waals surface area contributed by atoms with Crippen LogP contribution in [0.3, 0.4) is 0 Å². The second-order valence-corrected chi connectivity index (χ2v) is 9.63. The van der Waals surface area contributed by atoms with Gasteiger partial charge in [0.15, 0.2) is 11.6 Å². The van der Waals surface area contributed by atoms with E-state index in [1.54, 1.807) is 18.2 Å². The molecule has 2 aromatic heterocycles. The Kier molecular flexibility index (Phi) is 8.14. The summed E-state index contributed by atoms with van der Waals surface area (Å²) in [5.74, 6) is -1.82. The summed E-state index contributed by atoms with van der Waals surface area (Å²) in [7, 11) is 2.04. The van der Waals surface area contributed by atoms with E-state index < -0.39 is 17.5 Å². The van der Waals surface area contributed by atoms with E-state index in [1.807, 2.05) is 7.05 Å². The molecule has 11 nitrogen and oxygen atoms in total. The molecule has 0 saturated carbocycles. The molecule has 0 radical (unpaired) electrons. The molecular formula is C27H30F2N8O3. The van der Waals surface area contributed by atoms with Crippen molar-refractivity contribution in [1.82, 2.24) is 29.5 Å². The number of aromatic nitrogens is 4. The van der Waals surface area contributed by atoms with Gasteiger partial charge in [-0.25, -0.2) is 18.7 Å². The van der Waals surface area contributed by atoms with Gasteiger partial charge >= 0.3 is 0 Å². The fourth-order valence-corrected chi connectivity index (χ4v) is 4.84. The maximum Gasteiger partial charge on any atom is 0.239 e. The van der Waals surface area contributed by atoms with Gasteiger partial charge in [0.2, 0.25) is 5.91 Å². The van der Waals surface area contributed by atoms with Crippen molar-refractivity contribution < 1.29 is 23.4 Å². The zero-order chi connectivity index (χ0) is 28.2. The Balaban J connectivity index is 1.43. The fourth-order valence-electron chi connectivity index (χ4n) is 4.84. The number of carbonyl (C=O) groups is 1. The molecule has 1 aliphatic rings. The van der Waals surface area contributed by atoms with Crippen LogP contribution in [0.25, 0.3) is 10.9 Å². The van der Waals surface area contributed by atoms with E-state index in [0.717, 1.165) is 25.7 Å². The lowest BCUT2D eigenvalue weighted by Crippen LogP contribution is -2.54. The van der Waals surface area contributed by atoms with Gasteiger partial charge in [0, 0.05) is 49.9 Å². The summed E-state index contributed by atoms with van der Waals surface area (Å²) in [5, 5.41) is 14.4. The van der Waals surface area contributed by atoms with Gasteiger partial charge in [-0.3, -0.25) is 19.3 Å². The zero-order valence-corrected chi connectivity index (χ0v) is 22.0. The van der Waals surface area contributed by atoms with Crippen LogP contribution < -0.4 is 15.4 Å². The van der Waals surface area contributed by atoms with Gasteiger partial charge in [0.1, 0.15) is 31.0 Å². The molecule has 3 heterocycles. The second-order valence-electron chi connectivity index (χ2n) is 9.63. The number of likely N-dealkylation sites (N-methyl/N-ethyl adjacent to an activating group) is 1. The van der Waals surface area contributed by atoms with Crippen LogP contribution in [0, 0.1) is 11.6 Å². The number of fused-ring (bicyclic) bond motifs is 1. The first kappa shape index (κ1) is 27.4. The molecule has 0 spiro atoms. The number of nitrogens with two attached hydrogens (primary N) is 1. The average Bonchev–Trinajstić information content (AvgIpc) is 3.39. The quantitative estimate of drug-likeness (QED) is 0.304. The molecule has 4 aromatic rings.